The Morgan fingerprint density at radius 3 is 2.90 bits per heavy atom. The van der Waals surface area contributed by atoms with Gasteiger partial charge in [-0.3, -0.25) is 0 Å². The number of anilines is 1. The summed E-state index contributed by atoms with van der Waals surface area (Å²) in [5, 5.41) is 0.103. The fraction of sp³-hybridized carbons (Fsp3) is 0.538. The lowest BCUT2D eigenvalue weighted by Crippen LogP contribution is -2.48. The van der Waals surface area contributed by atoms with Gasteiger partial charge in [0.15, 0.2) is 9.84 Å². The molecule has 1 aromatic rings. The molecule has 1 saturated heterocycles. The number of thioether (sulfide) groups is 1. The fourth-order valence-corrected chi connectivity index (χ4v) is 5.60. The summed E-state index contributed by atoms with van der Waals surface area (Å²) < 4.78 is 24.6. The molecule has 4 nitrogen and oxygen atoms in total. The van der Waals surface area contributed by atoms with Crippen LogP contribution in [0.3, 0.4) is 0 Å². The van der Waals surface area contributed by atoms with Crippen LogP contribution in [0.15, 0.2) is 18.2 Å². The first-order valence-electron chi connectivity index (χ1n) is 6.54. The van der Waals surface area contributed by atoms with Crippen molar-refractivity contribution < 1.29 is 8.42 Å². The summed E-state index contributed by atoms with van der Waals surface area (Å²) in [5.41, 5.74) is 7.45. The average molecular weight is 335 g/mol. The topological polar surface area (TPSA) is 63.4 Å². The number of hydrogen-bond acceptors (Lipinski definition) is 5. The van der Waals surface area contributed by atoms with Gasteiger partial charge in [-0.1, -0.05) is 24.6 Å². The molecule has 1 heterocycles. The van der Waals surface area contributed by atoms with Crippen LogP contribution in [0, 0.1) is 0 Å². The lowest BCUT2D eigenvalue weighted by atomic mass is 10.1. The molecule has 1 aliphatic heterocycles. The first-order chi connectivity index (χ1) is 9.51. The highest BCUT2D eigenvalue weighted by Gasteiger charge is 2.34. The highest BCUT2D eigenvalue weighted by molar-refractivity contribution is 8.01. The van der Waals surface area contributed by atoms with Gasteiger partial charge in [0.1, 0.15) is 5.37 Å². The van der Waals surface area contributed by atoms with Gasteiger partial charge < -0.3 is 10.6 Å². The smallest absolute Gasteiger partial charge is 0.171 e. The normalized spacial score (nSPS) is 20.1. The summed E-state index contributed by atoms with van der Waals surface area (Å²) in [5.74, 6) is 1.65. The quantitative estimate of drug-likeness (QED) is 0.913. The van der Waals surface area contributed by atoms with Gasteiger partial charge in [0.05, 0.1) is 0 Å². The Hall–Kier alpha value is -0.430. The molecule has 1 fully saturated rings. The molecule has 0 bridgehead atoms. The number of nitrogens with zero attached hydrogens (tertiary/aromatic N) is 1. The third-order valence-electron chi connectivity index (χ3n) is 3.51. The second kappa shape index (κ2) is 6.56. The van der Waals surface area contributed by atoms with E-state index in [0.717, 1.165) is 17.0 Å². The van der Waals surface area contributed by atoms with E-state index in [1.807, 2.05) is 17.0 Å². The van der Waals surface area contributed by atoms with Gasteiger partial charge in [-0.2, -0.15) is 11.8 Å². The van der Waals surface area contributed by atoms with Crippen molar-refractivity contribution in [2.45, 2.75) is 18.8 Å². The van der Waals surface area contributed by atoms with Gasteiger partial charge >= 0.3 is 0 Å². The van der Waals surface area contributed by atoms with Crippen LogP contribution in [-0.4, -0.2) is 37.6 Å². The Labute approximate surface area is 129 Å². The summed E-state index contributed by atoms with van der Waals surface area (Å²) in [7, 11) is -3.14. The molecule has 1 atom stereocenters. The first kappa shape index (κ1) is 15.9. The average Bonchev–Trinajstić information content (AvgIpc) is 2.47. The van der Waals surface area contributed by atoms with E-state index in [9.17, 15) is 8.42 Å². The predicted octanol–water partition coefficient (Wildman–Crippen LogP) is 2.11. The lowest BCUT2D eigenvalue weighted by molar-refractivity contribution is 0.579. The van der Waals surface area contributed by atoms with E-state index < -0.39 is 15.2 Å². The fourth-order valence-electron chi connectivity index (χ4n) is 2.36. The van der Waals surface area contributed by atoms with Crippen molar-refractivity contribution in [2.24, 2.45) is 5.73 Å². The van der Waals surface area contributed by atoms with Gasteiger partial charge in [0.2, 0.25) is 0 Å². The predicted molar refractivity (Wildman–Crippen MR) is 87.3 cm³/mol. The van der Waals surface area contributed by atoms with E-state index >= 15 is 0 Å². The second-order valence-corrected chi connectivity index (χ2v) is 8.62. The minimum absolute atomic E-state index is 0.146. The number of sulfone groups is 1. The maximum absolute atomic E-state index is 12.3. The molecule has 2 rings (SSSR count). The number of rotatable bonds is 4. The van der Waals surface area contributed by atoms with Crippen LogP contribution in [-0.2, 0) is 16.4 Å². The zero-order valence-electron chi connectivity index (χ0n) is 11.4. The van der Waals surface area contributed by atoms with Crippen molar-refractivity contribution in [3.8, 4) is 0 Å². The van der Waals surface area contributed by atoms with Crippen LogP contribution in [0.25, 0.3) is 0 Å². The molecule has 0 amide bonds. The van der Waals surface area contributed by atoms with Gasteiger partial charge in [-0.15, -0.1) is 0 Å². The molecule has 7 heteroatoms. The molecule has 0 aromatic heterocycles. The minimum atomic E-state index is -3.14. The van der Waals surface area contributed by atoms with Crippen molar-refractivity contribution >= 4 is 38.9 Å². The molecule has 112 valence electrons. The van der Waals surface area contributed by atoms with Crippen LogP contribution < -0.4 is 10.6 Å². The van der Waals surface area contributed by atoms with E-state index in [-0.39, 0.29) is 5.75 Å². The van der Waals surface area contributed by atoms with Crippen molar-refractivity contribution in [2.75, 3.05) is 28.7 Å². The van der Waals surface area contributed by atoms with Crippen molar-refractivity contribution in [3.05, 3.63) is 28.8 Å². The van der Waals surface area contributed by atoms with E-state index in [1.54, 1.807) is 24.8 Å². The van der Waals surface area contributed by atoms with E-state index in [0.29, 0.717) is 23.9 Å². The number of hydrogen-bond donors (Lipinski definition) is 1. The standard InChI is InChI=1S/C13H19ClN2O2S2/c1-2-20(17,18)13-9-19-7-6-16(13)12-5-3-4-11(14)10(12)8-15/h3-5,13H,2,6-9,15H2,1H3. The molecular weight excluding hydrogens is 316 g/mol. The van der Waals surface area contributed by atoms with Gasteiger partial charge in [-0.05, 0) is 12.1 Å². The number of halogens is 1. The summed E-state index contributed by atoms with van der Waals surface area (Å²) in [6.45, 7) is 2.69. The van der Waals surface area contributed by atoms with Crippen molar-refractivity contribution in [3.63, 3.8) is 0 Å². The van der Waals surface area contributed by atoms with Crippen LogP contribution in [0.2, 0.25) is 5.02 Å². The Morgan fingerprint density at radius 2 is 2.25 bits per heavy atom. The Kier molecular flexibility index (Phi) is 5.23. The molecular formula is C13H19ClN2O2S2. The first-order valence-corrected chi connectivity index (χ1v) is 9.79. The molecule has 0 spiro atoms. The zero-order valence-corrected chi connectivity index (χ0v) is 13.8. The summed E-state index contributed by atoms with van der Waals surface area (Å²) in [6, 6.07) is 5.53. The van der Waals surface area contributed by atoms with Crippen LogP contribution in [0.5, 0.6) is 0 Å². The molecule has 1 aromatic carbocycles. The number of benzene rings is 1. The molecule has 1 unspecified atom stereocenters. The molecule has 0 saturated carbocycles. The van der Waals surface area contributed by atoms with Crippen molar-refractivity contribution in [1.29, 1.82) is 0 Å². The molecule has 20 heavy (non-hydrogen) atoms. The Morgan fingerprint density at radius 1 is 1.50 bits per heavy atom. The third-order valence-corrected chi connectivity index (χ3v) is 7.15. The molecule has 2 N–H and O–H groups in total. The van der Waals surface area contributed by atoms with Crippen LogP contribution >= 0.6 is 23.4 Å². The largest absolute Gasteiger partial charge is 0.353 e. The molecule has 0 radical (unpaired) electrons. The summed E-state index contributed by atoms with van der Waals surface area (Å²) >= 11 is 7.86. The van der Waals surface area contributed by atoms with Crippen LogP contribution in [0.1, 0.15) is 12.5 Å². The maximum Gasteiger partial charge on any atom is 0.171 e. The third kappa shape index (κ3) is 3.08. The minimum Gasteiger partial charge on any atom is -0.353 e. The van der Waals surface area contributed by atoms with Crippen molar-refractivity contribution in [1.82, 2.24) is 0 Å². The number of nitrogens with two attached hydrogens (primary N) is 1. The lowest BCUT2D eigenvalue weighted by Gasteiger charge is -2.37. The van der Waals surface area contributed by atoms with Gasteiger partial charge in [-0.25, -0.2) is 8.42 Å². The van der Waals surface area contributed by atoms with E-state index in [4.69, 9.17) is 17.3 Å². The highest BCUT2D eigenvalue weighted by atomic mass is 35.5. The Bertz CT molecular complexity index is 578. The molecule has 0 aliphatic carbocycles. The monoisotopic (exact) mass is 334 g/mol. The van der Waals surface area contributed by atoms with E-state index in [1.165, 1.54) is 0 Å². The summed E-state index contributed by atoms with van der Waals surface area (Å²) in [4.78, 5) is 1.95. The van der Waals surface area contributed by atoms with Crippen LogP contribution in [0.4, 0.5) is 5.69 Å². The zero-order chi connectivity index (χ0) is 14.8. The SMILES string of the molecule is CCS(=O)(=O)C1CSCCN1c1cccc(Cl)c1CN. The molecule has 1 aliphatic rings. The maximum atomic E-state index is 12.3. The summed E-state index contributed by atoms with van der Waals surface area (Å²) in [6.07, 6.45) is 0. The van der Waals surface area contributed by atoms with Gasteiger partial charge in [0, 0.05) is 46.6 Å². The van der Waals surface area contributed by atoms with E-state index in [2.05, 4.69) is 0 Å². The van der Waals surface area contributed by atoms with Gasteiger partial charge in [0.25, 0.3) is 0 Å². The highest BCUT2D eigenvalue weighted by Crippen LogP contribution is 2.33. The Balaban J connectivity index is 2.46. The second-order valence-electron chi connectivity index (χ2n) is 4.62.